The maximum Gasteiger partial charge on any atom is 0.472 e. The summed E-state index contributed by atoms with van der Waals surface area (Å²) < 4.78 is 73.6. The maximum atomic E-state index is 14.9. The first kappa shape index (κ1) is 111. The fourth-order valence-corrected chi connectivity index (χ4v) is 17.5. The second-order valence-electron chi connectivity index (χ2n) is 35.5. The van der Waals surface area contributed by atoms with E-state index in [4.69, 9.17) is 46.9 Å². The molecule has 2 aliphatic heterocycles. The SMILES string of the molecule is CCCCCCCCCCCCCCCCCC(=O)OCC(COP(=O)(O)OC1C(OC2OC(CO)C(O)C(O)C2O)C(O)C(O)C(OC(=O)CCCCCCCCC(C)CCCCCCCC)C1OC1OC(COC(=O)CCCCCCCCC(C)CCCCCCCC)C(O)C(O)C1O)OC(=O)CCCCCCCCCCCCCCC. The van der Waals surface area contributed by atoms with Gasteiger partial charge in [0.25, 0.3) is 0 Å². The number of rotatable bonds is 78. The molecule has 2 heterocycles. The molecular formula is C93H175O25P. The van der Waals surface area contributed by atoms with Gasteiger partial charge in [-0.05, 0) is 37.5 Å². The first-order valence-corrected chi connectivity index (χ1v) is 50.0. The minimum absolute atomic E-state index is 0.0167. The van der Waals surface area contributed by atoms with Crippen molar-refractivity contribution in [2.45, 2.75) is 531 Å². The van der Waals surface area contributed by atoms with Crippen molar-refractivity contribution in [1.82, 2.24) is 0 Å². The van der Waals surface area contributed by atoms with Crippen LogP contribution in [0.15, 0.2) is 0 Å². The van der Waals surface area contributed by atoms with E-state index in [0.29, 0.717) is 43.9 Å². The molecule has 0 aromatic rings. The molecule has 119 heavy (non-hydrogen) atoms. The van der Waals surface area contributed by atoms with Crippen LogP contribution in [0.3, 0.4) is 0 Å². The number of carbonyl (C=O) groups excluding carboxylic acids is 4. The normalized spacial score (nSPS) is 25.3. The van der Waals surface area contributed by atoms with E-state index in [2.05, 4.69) is 41.5 Å². The lowest BCUT2D eigenvalue weighted by atomic mass is 9.84. The van der Waals surface area contributed by atoms with E-state index in [1.807, 2.05) is 0 Å². The zero-order valence-electron chi connectivity index (χ0n) is 75.3. The van der Waals surface area contributed by atoms with Gasteiger partial charge in [-0.1, -0.05) is 375 Å². The summed E-state index contributed by atoms with van der Waals surface area (Å²) in [5.41, 5.74) is 0. The number of hydrogen-bond acceptors (Lipinski definition) is 24. The molecule has 3 fully saturated rings. The number of phosphoric acid groups is 1. The molecule has 20 unspecified atom stereocenters. The summed E-state index contributed by atoms with van der Waals surface area (Å²) in [6, 6.07) is 0. The number of aliphatic hydroxyl groups excluding tert-OH is 9. The minimum Gasteiger partial charge on any atom is -0.463 e. The predicted molar refractivity (Wildman–Crippen MR) is 463 cm³/mol. The first-order chi connectivity index (χ1) is 57.5. The number of unbranched alkanes of at least 4 members (excludes halogenated alkanes) is 46. The van der Waals surface area contributed by atoms with Gasteiger partial charge < -0.3 is 88.7 Å². The van der Waals surface area contributed by atoms with E-state index in [0.717, 1.165) is 128 Å². The molecule has 0 aromatic carbocycles. The molecule has 1 aliphatic carbocycles. The smallest absolute Gasteiger partial charge is 0.463 e. The van der Waals surface area contributed by atoms with Gasteiger partial charge in [-0.2, -0.15) is 0 Å². The Morgan fingerprint density at radius 2 is 0.630 bits per heavy atom. The highest BCUT2D eigenvalue weighted by Crippen LogP contribution is 2.49. The lowest BCUT2D eigenvalue weighted by molar-refractivity contribution is -0.360. The van der Waals surface area contributed by atoms with Gasteiger partial charge in [-0.15, -0.1) is 0 Å². The van der Waals surface area contributed by atoms with Crippen molar-refractivity contribution in [1.29, 1.82) is 0 Å². The molecule has 1 saturated carbocycles. The van der Waals surface area contributed by atoms with Gasteiger partial charge in [0.2, 0.25) is 0 Å². The number of phosphoric ester groups is 1. The second kappa shape index (κ2) is 70.5. The Balaban J connectivity index is 1.92. The van der Waals surface area contributed by atoms with Crippen molar-refractivity contribution in [2.24, 2.45) is 11.8 Å². The summed E-state index contributed by atoms with van der Waals surface area (Å²) in [5.74, 6) is -1.63. The van der Waals surface area contributed by atoms with Crippen LogP contribution < -0.4 is 0 Å². The molecule has 26 heteroatoms. The van der Waals surface area contributed by atoms with Crippen LogP contribution in [0.2, 0.25) is 0 Å². The van der Waals surface area contributed by atoms with Crippen LogP contribution in [0.4, 0.5) is 0 Å². The third-order valence-electron chi connectivity index (χ3n) is 24.4. The van der Waals surface area contributed by atoms with Crippen LogP contribution in [0.5, 0.6) is 0 Å². The van der Waals surface area contributed by atoms with E-state index in [9.17, 15) is 74.6 Å². The third-order valence-corrected chi connectivity index (χ3v) is 25.4. The lowest BCUT2D eigenvalue weighted by Crippen LogP contribution is -2.70. The quantitative estimate of drug-likeness (QED) is 0.0117. The number of esters is 4. The molecule has 702 valence electrons. The van der Waals surface area contributed by atoms with E-state index in [1.165, 1.54) is 199 Å². The van der Waals surface area contributed by atoms with Gasteiger partial charge in [0, 0.05) is 25.7 Å². The Bertz CT molecular complexity index is 2500. The lowest BCUT2D eigenvalue weighted by Gasteiger charge is -2.50. The van der Waals surface area contributed by atoms with Crippen molar-refractivity contribution in [3.63, 3.8) is 0 Å². The van der Waals surface area contributed by atoms with Crippen LogP contribution in [0.1, 0.15) is 427 Å². The molecule has 2 saturated heterocycles. The van der Waals surface area contributed by atoms with Crippen LogP contribution in [0, 0.1) is 11.8 Å². The Morgan fingerprint density at radius 1 is 0.328 bits per heavy atom. The largest absolute Gasteiger partial charge is 0.472 e. The molecule has 10 N–H and O–H groups in total. The summed E-state index contributed by atoms with van der Waals surface area (Å²) in [5, 5.41) is 103. The van der Waals surface area contributed by atoms with Gasteiger partial charge in [-0.25, -0.2) is 4.57 Å². The molecule has 3 aliphatic rings. The topological polar surface area (TPSA) is 380 Å². The zero-order valence-corrected chi connectivity index (χ0v) is 76.2. The summed E-state index contributed by atoms with van der Waals surface area (Å²) in [6.45, 7) is 10.3. The zero-order chi connectivity index (χ0) is 87.1. The third kappa shape index (κ3) is 51.2. The van der Waals surface area contributed by atoms with E-state index in [1.54, 1.807) is 0 Å². The Labute approximate surface area is 719 Å². The highest BCUT2D eigenvalue weighted by atomic mass is 31.2. The van der Waals surface area contributed by atoms with Crippen LogP contribution in [-0.4, -0.2) is 205 Å². The molecule has 0 radical (unpaired) electrons. The van der Waals surface area contributed by atoms with Crippen molar-refractivity contribution in [3.8, 4) is 0 Å². The van der Waals surface area contributed by atoms with E-state index >= 15 is 0 Å². The van der Waals surface area contributed by atoms with Gasteiger partial charge in [0.1, 0.15) is 92.6 Å². The molecule has 20 atom stereocenters. The van der Waals surface area contributed by atoms with Gasteiger partial charge >= 0.3 is 31.7 Å². The van der Waals surface area contributed by atoms with Crippen molar-refractivity contribution in [3.05, 3.63) is 0 Å². The highest BCUT2D eigenvalue weighted by molar-refractivity contribution is 7.47. The average molecular weight is 1720 g/mol. The second-order valence-corrected chi connectivity index (χ2v) is 36.9. The van der Waals surface area contributed by atoms with Crippen molar-refractivity contribution >= 4 is 31.7 Å². The van der Waals surface area contributed by atoms with Crippen LogP contribution in [-0.2, 0) is 70.7 Å². The van der Waals surface area contributed by atoms with Crippen LogP contribution >= 0.6 is 7.82 Å². The van der Waals surface area contributed by atoms with Crippen molar-refractivity contribution in [2.75, 3.05) is 26.4 Å². The first-order valence-electron chi connectivity index (χ1n) is 48.6. The molecule has 0 aromatic heterocycles. The molecule has 25 nitrogen and oxygen atoms in total. The van der Waals surface area contributed by atoms with Crippen molar-refractivity contribution < 1.29 is 122 Å². The Kier molecular flexibility index (Phi) is 65.6. The summed E-state index contributed by atoms with van der Waals surface area (Å²) in [4.78, 5) is 66.6. The fraction of sp³-hybridized carbons (Fsp3) is 0.957. The monoisotopic (exact) mass is 1720 g/mol. The van der Waals surface area contributed by atoms with Gasteiger partial charge in [0.15, 0.2) is 24.8 Å². The van der Waals surface area contributed by atoms with Crippen LogP contribution in [0.25, 0.3) is 0 Å². The Hall–Kier alpha value is -2.53. The Morgan fingerprint density at radius 3 is 1.00 bits per heavy atom. The number of hydrogen-bond donors (Lipinski definition) is 10. The molecular weight excluding hydrogens is 1550 g/mol. The standard InChI is InChI=1S/C93H175O25P/c1-7-11-15-19-23-25-27-29-30-32-33-35-37-47-55-63-76(95)109-68-73(112-78(97)65-57-49-38-36-34-31-28-26-24-20-16-12-8-2)69-111-119(107,108)118-91-89(116-92-86(105)82(101)80(99)74(67-94)113-92)85(104)84(103)88(115-79(98)66-58-50-42-40-46-54-62-72(6)60-52-44-22-18-14-10-4)90(91)117-93-87(106)83(102)81(100)75(114-93)70-110-77(96)64-56-48-41-39-45-53-61-71(5)59-51-43-21-17-13-9-3/h71-75,80-94,99-106H,7-70H2,1-6H3,(H,107,108). The maximum absolute atomic E-state index is 14.9. The summed E-state index contributed by atoms with van der Waals surface area (Å²) >= 11 is 0. The number of ether oxygens (including phenoxy) is 8. The van der Waals surface area contributed by atoms with E-state index < -0.39 is 162 Å². The molecule has 3 rings (SSSR count). The van der Waals surface area contributed by atoms with Gasteiger partial charge in [0.05, 0.1) is 13.2 Å². The minimum atomic E-state index is -5.81. The summed E-state index contributed by atoms with van der Waals surface area (Å²) in [7, 11) is -5.81. The summed E-state index contributed by atoms with van der Waals surface area (Å²) in [6.07, 6.45) is 25.2. The highest BCUT2D eigenvalue weighted by Gasteiger charge is 2.60. The molecule has 0 bridgehead atoms. The number of carbonyl (C=O) groups is 4. The fourth-order valence-electron chi connectivity index (χ4n) is 16.5. The van der Waals surface area contributed by atoms with Gasteiger partial charge in [-0.3, -0.25) is 28.2 Å². The molecule has 0 spiro atoms. The number of aliphatic hydroxyl groups is 9. The predicted octanol–water partition coefficient (Wildman–Crippen LogP) is 18.3. The average Bonchev–Trinajstić information content (AvgIpc) is 0.754. The van der Waals surface area contributed by atoms with E-state index in [-0.39, 0.29) is 25.7 Å². The molecule has 0 amide bonds.